The quantitative estimate of drug-likeness (QED) is 0.699. The molecule has 132 valence electrons. The van der Waals surface area contributed by atoms with Crippen LogP contribution in [-0.4, -0.2) is 42.0 Å². The lowest BCUT2D eigenvalue weighted by atomic mass is 9.99. The van der Waals surface area contributed by atoms with E-state index in [1.807, 2.05) is 32.0 Å². The number of carboxylic acid groups (broad SMARTS) is 1. The Balaban J connectivity index is 1.81. The lowest BCUT2D eigenvalue weighted by molar-refractivity contribution is -0.143. The van der Waals surface area contributed by atoms with Gasteiger partial charge < -0.3 is 19.9 Å². The third-order valence-corrected chi connectivity index (χ3v) is 4.90. The van der Waals surface area contributed by atoms with Crippen LogP contribution in [0.25, 0.3) is 0 Å². The Kier molecular flexibility index (Phi) is 6.78. The van der Waals surface area contributed by atoms with Crippen LogP contribution in [0.2, 0.25) is 0 Å². The summed E-state index contributed by atoms with van der Waals surface area (Å²) in [5, 5.41) is 11.8. The molecule has 6 nitrogen and oxygen atoms in total. The molecular weight excluding hydrogens is 330 g/mol. The van der Waals surface area contributed by atoms with Gasteiger partial charge in [0.15, 0.2) is 11.5 Å². The van der Waals surface area contributed by atoms with Crippen molar-refractivity contribution in [1.29, 1.82) is 0 Å². The van der Waals surface area contributed by atoms with Gasteiger partial charge in [-0.3, -0.25) is 4.79 Å². The second-order valence-corrected chi connectivity index (χ2v) is 6.84. The normalized spacial score (nSPS) is 15.4. The van der Waals surface area contributed by atoms with Gasteiger partial charge in [0, 0.05) is 17.1 Å². The Morgan fingerprint density at radius 1 is 1.29 bits per heavy atom. The maximum atomic E-state index is 12.0. The molecule has 1 aromatic carbocycles. The number of amides is 1. The highest BCUT2D eigenvalue weighted by Crippen LogP contribution is 2.34. The second kappa shape index (κ2) is 8.82. The van der Waals surface area contributed by atoms with E-state index in [-0.39, 0.29) is 18.2 Å². The van der Waals surface area contributed by atoms with E-state index in [2.05, 4.69) is 5.32 Å². The van der Waals surface area contributed by atoms with Crippen molar-refractivity contribution in [3.63, 3.8) is 0 Å². The number of benzene rings is 1. The number of rotatable bonds is 8. The smallest absolute Gasteiger partial charge is 0.326 e. The van der Waals surface area contributed by atoms with Crippen LogP contribution in [0.3, 0.4) is 0 Å². The zero-order valence-electron chi connectivity index (χ0n) is 13.9. The maximum Gasteiger partial charge on any atom is 0.326 e. The molecule has 1 aliphatic heterocycles. The summed E-state index contributed by atoms with van der Waals surface area (Å²) in [6, 6.07) is 4.85. The number of thioether (sulfide) groups is 1. The van der Waals surface area contributed by atoms with Crippen LogP contribution in [-0.2, 0) is 9.59 Å². The van der Waals surface area contributed by atoms with E-state index in [9.17, 15) is 14.7 Å². The number of fused-ring (bicyclic) bond motifs is 1. The third kappa shape index (κ3) is 5.06. The van der Waals surface area contributed by atoms with Gasteiger partial charge >= 0.3 is 5.97 Å². The lowest BCUT2D eigenvalue weighted by Gasteiger charge is -2.20. The molecule has 2 rings (SSSR count). The molecule has 0 aromatic heterocycles. The summed E-state index contributed by atoms with van der Waals surface area (Å²) in [7, 11) is 0. The van der Waals surface area contributed by atoms with Crippen LogP contribution >= 0.6 is 11.8 Å². The fourth-order valence-electron chi connectivity index (χ4n) is 2.30. The first-order valence-electron chi connectivity index (χ1n) is 8.06. The Labute approximate surface area is 145 Å². The number of hydrogen-bond donors (Lipinski definition) is 2. The van der Waals surface area contributed by atoms with E-state index in [0.717, 1.165) is 16.4 Å². The molecular formula is C17H23NO5S. The van der Waals surface area contributed by atoms with Crippen LogP contribution in [0.1, 0.15) is 26.7 Å². The molecule has 7 heteroatoms. The van der Waals surface area contributed by atoms with Crippen molar-refractivity contribution in [1.82, 2.24) is 5.32 Å². The summed E-state index contributed by atoms with van der Waals surface area (Å²) < 4.78 is 11.0. The Hall–Kier alpha value is -1.89. The molecule has 0 bridgehead atoms. The zero-order valence-corrected chi connectivity index (χ0v) is 14.7. The molecule has 2 N–H and O–H groups in total. The molecule has 0 saturated heterocycles. The van der Waals surface area contributed by atoms with Gasteiger partial charge in [0.25, 0.3) is 0 Å². The highest BCUT2D eigenvalue weighted by Gasteiger charge is 2.25. The Morgan fingerprint density at radius 3 is 2.67 bits per heavy atom. The molecule has 1 amide bonds. The Morgan fingerprint density at radius 2 is 2.00 bits per heavy atom. The zero-order chi connectivity index (χ0) is 17.5. The number of aliphatic carboxylic acids is 1. The predicted molar refractivity (Wildman–Crippen MR) is 91.8 cm³/mol. The van der Waals surface area contributed by atoms with E-state index < -0.39 is 12.0 Å². The van der Waals surface area contributed by atoms with Gasteiger partial charge in [0.1, 0.15) is 19.3 Å². The van der Waals surface area contributed by atoms with Gasteiger partial charge in [-0.25, -0.2) is 4.79 Å². The van der Waals surface area contributed by atoms with Gasteiger partial charge in [-0.1, -0.05) is 20.3 Å². The first-order chi connectivity index (χ1) is 11.5. The SMILES string of the molecule is CC[C@H](C)[C@H](NC(=O)CCSc1ccc2c(c1)OCCO2)C(=O)O. The molecule has 0 unspecified atom stereocenters. The molecule has 24 heavy (non-hydrogen) atoms. The number of carbonyl (C=O) groups excluding carboxylic acids is 1. The monoisotopic (exact) mass is 353 g/mol. The van der Waals surface area contributed by atoms with Crippen LogP contribution < -0.4 is 14.8 Å². The number of hydrogen-bond acceptors (Lipinski definition) is 5. The first kappa shape index (κ1) is 18.4. The van der Waals surface area contributed by atoms with Crippen LogP contribution in [0.4, 0.5) is 0 Å². The van der Waals surface area contributed by atoms with Gasteiger partial charge in [-0.05, 0) is 24.1 Å². The van der Waals surface area contributed by atoms with Crippen molar-refractivity contribution in [3.05, 3.63) is 18.2 Å². The van der Waals surface area contributed by atoms with Gasteiger partial charge in [0.05, 0.1) is 0 Å². The minimum Gasteiger partial charge on any atom is -0.486 e. The van der Waals surface area contributed by atoms with E-state index in [1.54, 1.807) is 0 Å². The van der Waals surface area contributed by atoms with Gasteiger partial charge in [-0.2, -0.15) is 0 Å². The molecule has 0 spiro atoms. The van der Waals surface area contributed by atoms with Crippen molar-refractivity contribution in [3.8, 4) is 11.5 Å². The van der Waals surface area contributed by atoms with E-state index >= 15 is 0 Å². The van der Waals surface area contributed by atoms with Crippen molar-refractivity contribution in [2.45, 2.75) is 37.6 Å². The summed E-state index contributed by atoms with van der Waals surface area (Å²) in [5.74, 6) is 0.694. The average Bonchev–Trinajstić information content (AvgIpc) is 2.58. The molecule has 1 aromatic rings. The van der Waals surface area contributed by atoms with Crippen molar-refractivity contribution in [2.75, 3.05) is 19.0 Å². The number of carbonyl (C=O) groups is 2. The summed E-state index contributed by atoms with van der Waals surface area (Å²) in [5.41, 5.74) is 0. The van der Waals surface area contributed by atoms with Crippen molar-refractivity contribution < 1.29 is 24.2 Å². The minimum atomic E-state index is -0.989. The number of ether oxygens (including phenoxy) is 2. The average molecular weight is 353 g/mol. The summed E-state index contributed by atoms with van der Waals surface area (Å²) in [6.45, 7) is 4.82. The van der Waals surface area contributed by atoms with E-state index in [1.165, 1.54) is 11.8 Å². The fraction of sp³-hybridized carbons (Fsp3) is 0.529. The molecule has 0 fully saturated rings. The van der Waals surface area contributed by atoms with E-state index in [4.69, 9.17) is 9.47 Å². The van der Waals surface area contributed by atoms with Gasteiger partial charge in [0.2, 0.25) is 5.91 Å². The Bertz CT molecular complexity index is 592. The third-order valence-electron chi connectivity index (χ3n) is 3.91. The summed E-state index contributed by atoms with van der Waals surface area (Å²) in [6.07, 6.45) is 0.961. The topological polar surface area (TPSA) is 84.9 Å². The van der Waals surface area contributed by atoms with Crippen LogP contribution in [0.15, 0.2) is 23.1 Å². The van der Waals surface area contributed by atoms with E-state index in [0.29, 0.717) is 25.4 Å². The summed E-state index contributed by atoms with van der Waals surface area (Å²) >= 11 is 1.53. The molecule has 1 aliphatic rings. The van der Waals surface area contributed by atoms with Crippen molar-refractivity contribution in [2.24, 2.45) is 5.92 Å². The molecule has 0 saturated carbocycles. The van der Waals surface area contributed by atoms with Crippen LogP contribution in [0, 0.1) is 5.92 Å². The largest absolute Gasteiger partial charge is 0.486 e. The number of nitrogens with one attached hydrogen (secondary N) is 1. The second-order valence-electron chi connectivity index (χ2n) is 5.67. The lowest BCUT2D eigenvalue weighted by Crippen LogP contribution is -2.45. The van der Waals surface area contributed by atoms with Crippen molar-refractivity contribution >= 4 is 23.6 Å². The molecule has 1 heterocycles. The predicted octanol–water partition coefficient (Wildman–Crippen LogP) is 2.56. The number of carboxylic acids is 1. The molecule has 2 atom stereocenters. The van der Waals surface area contributed by atoms with Gasteiger partial charge in [-0.15, -0.1) is 11.8 Å². The summed E-state index contributed by atoms with van der Waals surface area (Å²) in [4.78, 5) is 24.2. The highest BCUT2D eigenvalue weighted by molar-refractivity contribution is 7.99. The van der Waals surface area contributed by atoms with Crippen LogP contribution in [0.5, 0.6) is 11.5 Å². The maximum absolute atomic E-state index is 12.0. The fourth-order valence-corrected chi connectivity index (χ4v) is 3.18. The highest BCUT2D eigenvalue weighted by atomic mass is 32.2. The first-order valence-corrected chi connectivity index (χ1v) is 9.04. The molecule has 0 radical (unpaired) electrons. The molecule has 0 aliphatic carbocycles. The minimum absolute atomic E-state index is 0.100. The standard InChI is InChI=1S/C17H23NO5S/c1-3-11(2)16(17(20)21)18-15(19)6-9-24-12-4-5-13-14(10-12)23-8-7-22-13/h4-5,10-11,16H,3,6-9H2,1-2H3,(H,18,19)(H,20,21)/t11-,16-/m0/s1.